The molecule has 0 aliphatic rings. The molecule has 0 amide bonds. The molecule has 8 nitrogen and oxygen atoms in total. The summed E-state index contributed by atoms with van der Waals surface area (Å²) in [6.45, 7) is 0.832. The van der Waals surface area contributed by atoms with E-state index >= 15 is 0 Å². The van der Waals surface area contributed by atoms with Gasteiger partial charge in [0.1, 0.15) is 16.0 Å². The number of ether oxygens (including phenoxy) is 2. The van der Waals surface area contributed by atoms with E-state index in [0.717, 1.165) is 5.56 Å². The molecule has 0 heterocycles. The van der Waals surface area contributed by atoms with Crippen molar-refractivity contribution in [1.29, 1.82) is 0 Å². The summed E-state index contributed by atoms with van der Waals surface area (Å²) in [7, 11) is 0. The Morgan fingerprint density at radius 2 is 1.50 bits per heavy atom. The van der Waals surface area contributed by atoms with Crippen molar-refractivity contribution in [2.75, 3.05) is 13.1 Å². The molecule has 0 radical (unpaired) electrons. The van der Waals surface area contributed by atoms with Crippen molar-refractivity contribution in [3.63, 3.8) is 0 Å². The fourth-order valence-electron chi connectivity index (χ4n) is 2.43. The monoisotopic (exact) mass is 516 g/mol. The average molecular weight is 518 g/mol. The second-order valence-electron chi connectivity index (χ2n) is 5.76. The number of hydrogen-bond donors (Lipinski definition) is 4. The van der Waals surface area contributed by atoms with Crippen LogP contribution in [0.4, 0.5) is 0 Å². The standard InChI is InChI=1S/C18H18Br2N2O6/c1-9-2-4-10(5-3-9)18(27-13(23)7-21,28-14(24)8-22)11-6-12(19)17(26)15(20)16(11)25/h2-6,25-26H,7-8,21-22H2,1H3. The van der Waals surface area contributed by atoms with Gasteiger partial charge >= 0.3 is 17.7 Å². The molecule has 0 aromatic heterocycles. The normalized spacial score (nSPS) is 11.2. The Bertz CT molecular complexity index is 884. The molecule has 28 heavy (non-hydrogen) atoms. The van der Waals surface area contributed by atoms with Crippen molar-refractivity contribution in [2.24, 2.45) is 11.5 Å². The van der Waals surface area contributed by atoms with Crippen LogP contribution in [-0.4, -0.2) is 35.2 Å². The second-order valence-corrected chi connectivity index (χ2v) is 7.40. The van der Waals surface area contributed by atoms with Gasteiger partial charge in [0, 0.05) is 5.56 Å². The SMILES string of the molecule is Cc1ccc(C(OC(=O)CN)(OC(=O)CN)c2cc(Br)c(O)c(Br)c2O)cc1. The van der Waals surface area contributed by atoms with E-state index in [-0.39, 0.29) is 25.8 Å². The molecule has 0 bridgehead atoms. The van der Waals surface area contributed by atoms with Gasteiger partial charge in [-0.3, -0.25) is 9.59 Å². The minimum absolute atomic E-state index is 0.0963. The lowest BCUT2D eigenvalue weighted by atomic mass is 9.95. The zero-order valence-electron chi connectivity index (χ0n) is 14.7. The third-order valence-corrected chi connectivity index (χ3v) is 5.16. The number of phenols is 2. The largest absolute Gasteiger partial charge is 0.506 e. The Labute approximate surface area is 177 Å². The summed E-state index contributed by atoms with van der Waals surface area (Å²) in [5.41, 5.74) is 11.8. The Morgan fingerprint density at radius 1 is 1.00 bits per heavy atom. The molecule has 0 fully saturated rings. The maximum atomic E-state index is 12.1. The Hall–Kier alpha value is -2.14. The third kappa shape index (κ3) is 4.30. The smallest absolute Gasteiger partial charge is 0.323 e. The number of esters is 2. The maximum Gasteiger partial charge on any atom is 0.323 e. The maximum absolute atomic E-state index is 12.1. The van der Waals surface area contributed by atoms with Crippen molar-refractivity contribution < 1.29 is 29.3 Å². The van der Waals surface area contributed by atoms with E-state index in [4.69, 9.17) is 20.9 Å². The van der Waals surface area contributed by atoms with E-state index in [0.29, 0.717) is 0 Å². The van der Waals surface area contributed by atoms with Gasteiger partial charge in [-0.25, -0.2) is 0 Å². The van der Waals surface area contributed by atoms with E-state index in [1.54, 1.807) is 24.3 Å². The van der Waals surface area contributed by atoms with Gasteiger partial charge < -0.3 is 31.2 Å². The van der Waals surface area contributed by atoms with Crippen LogP contribution in [0.3, 0.4) is 0 Å². The highest BCUT2D eigenvalue weighted by Crippen LogP contribution is 2.48. The first-order valence-electron chi connectivity index (χ1n) is 7.97. The number of carbonyl (C=O) groups excluding carboxylic acids is 2. The minimum Gasteiger partial charge on any atom is -0.506 e. The van der Waals surface area contributed by atoms with Crippen molar-refractivity contribution in [3.8, 4) is 11.5 Å². The molecule has 10 heteroatoms. The number of aryl methyl sites for hydroxylation is 1. The molecule has 0 aliphatic heterocycles. The number of carbonyl (C=O) groups is 2. The first-order valence-corrected chi connectivity index (χ1v) is 9.56. The molecule has 2 aromatic rings. The number of benzene rings is 2. The van der Waals surface area contributed by atoms with Gasteiger partial charge in [-0.05, 0) is 44.8 Å². The lowest BCUT2D eigenvalue weighted by Gasteiger charge is -2.34. The molecule has 2 rings (SSSR count). The molecule has 0 unspecified atom stereocenters. The Balaban J connectivity index is 2.88. The van der Waals surface area contributed by atoms with Gasteiger partial charge in [0.15, 0.2) is 0 Å². The van der Waals surface area contributed by atoms with Crippen LogP contribution in [0.2, 0.25) is 0 Å². The van der Waals surface area contributed by atoms with Crippen LogP contribution in [-0.2, 0) is 24.8 Å². The summed E-state index contributed by atoms with van der Waals surface area (Å²) < 4.78 is 11.0. The first-order chi connectivity index (χ1) is 13.2. The molecule has 0 saturated heterocycles. The van der Waals surface area contributed by atoms with Crippen LogP contribution < -0.4 is 11.5 Å². The number of aromatic hydroxyl groups is 2. The molecule has 0 spiro atoms. The van der Waals surface area contributed by atoms with Crippen molar-refractivity contribution in [1.82, 2.24) is 0 Å². The van der Waals surface area contributed by atoms with E-state index in [1.807, 2.05) is 6.92 Å². The van der Waals surface area contributed by atoms with Crippen LogP contribution in [0.5, 0.6) is 11.5 Å². The zero-order valence-corrected chi connectivity index (χ0v) is 17.9. The summed E-state index contributed by atoms with van der Waals surface area (Å²) in [4.78, 5) is 24.3. The Morgan fingerprint density at radius 3 is 1.96 bits per heavy atom. The Kier molecular flexibility index (Phi) is 7.05. The number of hydrogen-bond acceptors (Lipinski definition) is 8. The number of rotatable bonds is 6. The van der Waals surface area contributed by atoms with Gasteiger partial charge in [-0.1, -0.05) is 29.8 Å². The summed E-state index contributed by atoms with van der Waals surface area (Å²) in [6.07, 6.45) is 0. The molecular formula is C18H18Br2N2O6. The lowest BCUT2D eigenvalue weighted by molar-refractivity contribution is -0.217. The predicted octanol–water partition coefficient (Wildman–Crippen LogP) is 2.14. The number of phenolic OH excluding ortho intramolecular Hbond substituents is 2. The number of nitrogens with two attached hydrogens (primary N) is 2. The molecular weight excluding hydrogens is 500 g/mol. The van der Waals surface area contributed by atoms with Gasteiger partial charge in [-0.15, -0.1) is 0 Å². The van der Waals surface area contributed by atoms with E-state index in [2.05, 4.69) is 31.9 Å². The average Bonchev–Trinajstić information content (AvgIpc) is 2.68. The second kappa shape index (κ2) is 8.91. The van der Waals surface area contributed by atoms with Gasteiger partial charge in [0.25, 0.3) is 0 Å². The molecule has 0 atom stereocenters. The summed E-state index contributed by atoms with van der Waals surface area (Å²) in [5.74, 6) is -4.79. The van der Waals surface area contributed by atoms with Crippen LogP contribution in [0.25, 0.3) is 0 Å². The van der Waals surface area contributed by atoms with Crippen LogP contribution in [0, 0.1) is 6.92 Å². The van der Waals surface area contributed by atoms with E-state index in [9.17, 15) is 19.8 Å². The van der Waals surface area contributed by atoms with Crippen molar-refractivity contribution >= 4 is 43.8 Å². The van der Waals surface area contributed by atoms with Crippen LogP contribution >= 0.6 is 31.9 Å². The topological polar surface area (TPSA) is 145 Å². The minimum atomic E-state index is -2.19. The fraction of sp³-hybridized carbons (Fsp3) is 0.222. The van der Waals surface area contributed by atoms with Crippen molar-refractivity contribution in [3.05, 3.63) is 56.0 Å². The van der Waals surface area contributed by atoms with Gasteiger partial charge in [-0.2, -0.15) is 0 Å². The van der Waals surface area contributed by atoms with Crippen molar-refractivity contribution in [2.45, 2.75) is 12.7 Å². The zero-order chi connectivity index (χ0) is 21.1. The highest BCUT2D eigenvalue weighted by atomic mass is 79.9. The summed E-state index contributed by atoms with van der Waals surface area (Å²) in [6, 6.07) is 7.81. The number of halogens is 2. The van der Waals surface area contributed by atoms with Gasteiger partial charge in [0.05, 0.1) is 23.1 Å². The summed E-state index contributed by atoms with van der Waals surface area (Å²) in [5, 5.41) is 20.7. The lowest BCUT2D eigenvalue weighted by Crippen LogP contribution is -2.42. The quantitative estimate of drug-likeness (QED) is 0.337. The first kappa shape index (κ1) is 22.2. The molecule has 150 valence electrons. The van der Waals surface area contributed by atoms with E-state index < -0.39 is 36.6 Å². The van der Waals surface area contributed by atoms with Crippen LogP contribution in [0.15, 0.2) is 39.3 Å². The molecule has 6 N–H and O–H groups in total. The third-order valence-electron chi connectivity index (χ3n) is 3.80. The van der Waals surface area contributed by atoms with Gasteiger partial charge in [0.2, 0.25) is 0 Å². The van der Waals surface area contributed by atoms with Crippen LogP contribution in [0.1, 0.15) is 16.7 Å². The highest BCUT2D eigenvalue weighted by molar-refractivity contribution is 9.11. The predicted molar refractivity (Wildman–Crippen MR) is 107 cm³/mol. The summed E-state index contributed by atoms with van der Waals surface area (Å²) >= 11 is 6.22. The molecule has 0 saturated carbocycles. The molecule has 0 aliphatic carbocycles. The molecule has 2 aromatic carbocycles. The fourth-order valence-corrected chi connectivity index (χ4v) is 3.55. The highest BCUT2D eigenvalue weighted by Gasteiger charge is 2.46. The van der Waals surface area contributed by atoms with E-state index in [1.165, 1.54) is 6.07 Å².